The largest absolute Gasteiger partial charge is 0.383 e. The van der Waals surface area contributed by atoms with E-state index in [0.717, 1.165) is 0 Å². The molecule has 1 aromatic carbocycles. The highest BCUT2D eigenvalue weighted by molar-refractivity contribution is 5.50. The minimum atomic E-state index is -0.548. The van der Waals surface area contributed by atoms with Crippen molar-refractivity contribution in [2.75, 3.05) is 26.8 Å². The van der Waals surface area contributed by atoms with Crippen LogP contribution in [0.1, 0.15) is 5.56 Å². The van der Waals surface area contributed by atoms with Crippen molar-refractivity contribution >= 4 is 6.08 Å². The topological polar surface area (TPSA) is 21.3 Å². The third kappa shape index (κ3) is 4.08. The molecule has 0 aliphatic rings. The number of hydrogen-bond donors (Lipinski definition) is 1. The van der Waals surface area contributed by atoms with E-state index in [1.807, 2.05) is 0 Å². The molecule has 1 N–H and O–H groups in total. The molecule has 0 aliphatic heterocycles. The summed E-state index contributed by atoms with van der Waals surface area (Å²) in [6, 6.07) is 3.82. The molecule has 0 unspecified atom stereocenters. The van der Waals surface area contributed by atoms with Gasteiger partial charge in [0.2, 0.25) is 0 Å². The number of hydrogen-bond acceptors (Lipinski definition) is 2. The summed E-state index contributed by atoms with van der Waals surface area (Å²) in [6.45, 7) is 1.87. The molecule has 16 heavy (non-hydrogen) atoms. The second-order valence-corrected chi connectivity index (χ2v) is 3.23. The van der Waals surface area contributed by atoms with Gasteiger partial charge in [-0.25, -0.2) is 8.78 Å². The van der Waals surface area contributed by atoms with Crippen LogP contribution in [0.4, 0.5) is 8.78 Å². The third-order valence-corrected chi connectivity index (χ3v) is 2.03. The van der Waals surface area contributed by atoms with Gasteiger partial charge in [0.05, 0.1) is 6.61 Å². The third-order valence-electron chi connectivity index (χ3n) is 2.03. The van der Waals surface area contributed by atoms with E-state index in [4.69, 9.17) is 4.74 Å². The van der Waals surface area contributed by atoms with Gasteiger partial charge in [-0.05, 0) is 12.1 Å². The van der Waals surface area contributed by atoms with Gasteiger partial charge in [0.25, 0.3) is 0 Å². The number of nitrogens with one attached hydrogen (secondary N) is 1. The van der Waals surface area contributed by atoms with Gasteiger partial charge in [-0.15, -0.1) is 0 Å². The molecule has 4 heteroatoms. The molecule has 2 nitrogen and oxygen atoms in total. The summed E-state index contributed by atoms with van der Waals surface area (Å²) in [5.41, 5.74) is -0.00367. The molecule has 0 atom stereocenters. The molecule has 0 heterocycles. The SMILES string of the molecule is COCCNCC=Cc1c(F)cccc1F. The fourth-order valence-corrected chi connectivity index (χ4v) is 1.21. The second-order valence-electron chi connectivity index (χ2n) is 3.23. The van der Waals surface area contributed by atoms with Crippen LogP contribution in [-0.2, 0) is 4.74 Å². The molecule has 88 valence electrons. The highest BCUT2D eigenvalue weighted by Gasteiger charge is 2.03. The van der Waals surface area contributed by atoms with Crippen molar-refractivity contribution in [3.05, 3.63) is 41.5 Å². The van der Waals surface area contributed by atoms with Crippen molar-refractivity contribution in [2.24, 2.45) is 0 Å². The van der Waals surface area contributed by atoms with Gasteiger partial charge in [0.1, 0.15) is 11.6 Å². The number of halogens is 2. The first kappa shape index (κ1) is 12.8. The Bertz CT molecular complexity index is 333. The first-order valence-corrected chi connectivity index (χ1v) is 5.06. The predicted octanol–water partition coefficient (Wildman–Crippen LogP) is 2.21. The van der Waals surface area contributed by atoms with Crippen LogP contribution >= 0.6 is 0 Å². The molecule has 1 rings (SSSR count). The Kier molecular flexibility index (Phi) is 5.67. The van der Waals surface area contributed by atoms with Crippen molar-refractivity contribution < 1.29 is 13.5 Å². The van der Waals surface area contributed by atoms with E-state index in [9.17, 15) is 8.78 Å². The maximum atomic E-state index is 13.1. The van der Waals surface area contributed by atoms with E-state index in [-0.39, 0.29) is 5.56 Å². The van der Waals surface area contributed by atoms with Crippen molar-refractivity contribution in [1.29, 1.82) is 0 Å². The van der Waals surface area contributed by atoms with Crippen LogP contribution < -0.4 is 5.32 Å². The Balaban J connectivity index is 2.44. The molecule has 0 aliphatic carbocycles. The van der Waals surface area contributed by atoms with Crippen LogP contribution in [0.3, 0.4) is 0 Å². The van der Waals surface area contributed by atoms with Crippen molar-refractivity contribution in [1.82, 2.24) is 5.32 Å². The maximum Gasteiger partial charge on any atom is 0.133 e. The van der Waals surface area contributed by atoms with Crippen LogP contribution in [0, 0.1) is 11.6 Å². The zero-order chi connectivity index (χ0) is 11.8. The molecule has 0 saturated heterocycles. The fourth-order valence-electron chi connectivity index (χ4n) is 1.21. The number of benzene rings is 1. The summed E-state index contributed by atoms with van der Waals surface area (Å²) in [5.74, 6) is -1.10. The van der Waals surface area contributed by atoms with Crippen LogP contribution in [0.15, 0.2) is 24.3 Å². The van der Waals surface area contributed by atoms with E-state index >= 15 is 0 Å². The minimum absolute atomic E-state index is 0.00367. The fraction of sp³-hybridized carbons (Fsp3) is 0.333. The summed E-state index contributed by atoms with van der Waals surface area (Å²) >= 11 is 0. The summed E-state index contributed by atoms with van der Waals surface area (Å²) in [5, 5.41) is 3.04. The van der Waals surface area contributed by atoms with Gasteiger partial charge in [-0.1, -0.05) is 18.2 Å². The Morgan fingerprint density at radius 1 is 1.31 bits per heavy atom. The first-order valence-electron chi connectivity index (χ1n) is 5.06. The smallest absolute Gasteiger partial charge is 0.133 e. The Morgan fingerprint density at radius 2 is 2.00 bits per heavy atom. The molecule has 0 spiro atoms. The van der Waals surface area contributed by atoms with E-state index in [0.29, 0.717) is 19.7 Å². The van der Waals surface area contributed by atoms with Gasteiger partial charge in [-0.3, -0.25) is 0 Å². The number of rotatable bonds is 6. The first-order chi connectivity index (χ1) is 7.75. The van der Waals surface area contributed by atoms with Crippen LogP contribution in [-0.4, -0.2) is 26.8 Å². The summed E-state index contributed by atoms with van der Waals surface area (Å²) < 4.78 is 31.1. The standard InChI is InChI=1S/C12H15F2NO/c1-16-9-8-15-7-3-4-10-11(13)5-2-6-12(10)14/h2-6,15H,7-9H2,1H3. The average molecular weight is 227 g/mol. The molecule has 0 fully saturated rings. The summed E-state index contributed by atoms with van der Waals surface area (Å²) in [6.07, 6.45) is 3.11. The zero-order valence-corrected chi connectivity index (χ0v) is 9.17. The Hall–Kier alpha value is -1.26. The molecule has 0 saturated carbocycles. The lowest BCUT2D eigenvalue weighted by Crippen LogP contribution is -2.18. The van der Waals surface area contributed by atoms with Gasteiger partial charge in [0, 0.05) is 25.8 Å². The quantitative estimate of drug-likeness (QED) is 0.752. The lowest BCUT2D eigenvalue weighted by Gasteiger charge is -2.00. The summed E-state index contributed by atoms with van der Waals surface area (Å²) in [4.78, 5) is 0. The minimum Gasteiger partial charge on any atom is -0.383 e. The highest BCUT2D eigenvalue weighted by atomic mass is 19.1. The second kappa shape index (κ2) is 7.09. The predicted molar refractivity (Wildman–Crippen MR) is 60.1 cm³/mol. The normalized spacial score (nSPS) is 11.2. The highest BCUT2D eigenvalue weighted by Crippen LogP contribution is 2.13. The molecular weight excluding hydrogens is 212 g/mol. The average Bonchev–Trinajstić information content (AvgIpc) is 2.26. The lowest BCUT2D eigenvalue weighted by atomic mass is 10.2. The molecule has 1 aromatic rings. The zero-order valence-electron chi connectivity index (χ0n) is 9.17. The van der Waals surface area contributed by atoms with Gasteiger partial charge < -0.3 is 10.1 Å². The van der Waals surface area contributed by atoms with Gasteiger partial charge in [-0.2, -0.15) is 0 Å². The molecule has 0 aromatic heterocycles. The van der Waals surface area contributed by atoms with Crippen molar-refractivity contribution in [3.8, 4) is 0 Å². The van der Waals surface area contributed by atoms with E-state index < -0.39 is 11.6 Å². The summed E-state index contributed by atoms with van der Waals surface area (Å²) in [7, 11) is 1.62. The van der Waals surface area contributed by atoms with E-state index in [2.05, 4.69) is 5.32 Å². The molecule has 0 radical (unpaired) electrons. The van der Waals surface area contributed by atoms with Crippen LogP contribution in [0.2, 0.25) is 0 Å². The molecule has 0 bridgehead atoms. The van der Waals surface area contributed by atoms with Crippen molar-refractivity contribution in [3.63, 3.8) is 0 Å². The van der Waals surface area contributed by atoms with Crippen molar-refractivity contribution in [2.45, 2.75) is 0 Å². The van der Waals surface area contributed by atoms with Gasteiger partial charge >= 0.3 is 0 Å². The van der Waals surface area contributed by atoms with E-state index in [1.165, 1.54) is 24.3 Å². The van der Waals surface area contributed by atoms with Crippen LogP contribution in [0.25, 0.3) is 6.08 Å². The Labute approximate surface area is 93.9 Å². The molecular formula is C12H15F2NO. The monoisotopic (exact) mass is 227 g/mol. The van der Waals surface area contributed by atoms with Crippen LogP contribution in [0.5, 0.6) is 0 Å². The maximum absolute atomic E-state index is 13.1. The molecule has 0 amide bonds. The Morgan fingerprint density at radius 3 is 2.62 bits per heavy atom. The number of methoxy groups -OCH3 is 1. The number of ether oxygens (including phenoxy) is 1. The van der Waals surface area contributed by atoms with Gasteiger partial charge in [0.15, 0.2) is 0 Å². The lowest BCUT2D eigenvalue weighted by molar-refractivity contribution is 0.200. The van der Waals surface area contributed by atoms with E-state index in [1.54, 1.807) is 13.2 Å².